The molecule has 2 aromatic rings. The smallest absolute Gasteiger partial charge is 0.189 e. The van der Waals surface area contributed by atoms with E-state index in [0.29, 0.717) is 5.56 Å². The average molecular weight is 447 g/mol. The molecule has 0 aliphatic rings. The maximum absolute atomic E-state index is 12.8. The summed E-state index contributed by atoms with van der Waals surface area (Å²) in [6.07, 6.45) is 2.93. The number of allylic oxidation sites excluding steroid dienone is 1. The molecule has 20 heavy (non-hydrogen) atoms. The van der Waals surface area contributed by atoms with E-state index in [2.05, 4.69) is 38.5 Å². The highest BCUT2D eigenvalue weighted by Crippen LogP contribution is 2.28. The molecular weight excluding hydrogens is 438 g/mol. The van der Waals surface area contributed by atoms with Gasteiger partial charge in [-0.25, -0.2) is 4.39 Å². The summed E-state index contributed by atoms with van der Waals surface area (Å²) in [5.41, 5.74) is 0.946. The van der Waals surface area contributed by atoms with Crippen molar-refractivity contribution in [1.29, 1.82) is 0 Å². The highest BCUT2D eigenvalue weighted by Gasteiger charge is 2.11. The number of benzene rings is 2. The molecule has 0 atom stereocenters. The van der Waals surface area contributed by atoms with Crippen LogP contribution in [0.1, 0.15) is 15.9 Å². The highest BCUT2D eigenvalue weighted by atomic mass is 127. The third kappa shape index (κ3) is 3.67. The predicted octanol–water partition coefficient (Wildman–Crippen LogP) is 4.79. The molecule has 2 aromatic carbocycles. The molecule has 0 aliphatic carbocycles. The molecular formula is C15H9BrFIO2. The van der Waals surface area contributed by atoms with Crippen LogP contribution in [-0.2, 0) is 0 Å². The zero-order valence-corrected chi connectivity index (χ0v) is 13.9. The molecule has 0 radical (unpaired) electrons. The van der Waals surface area contributed by atoms with Crippen molar-refractivity contribution < 1.29 is 14.3 Å². The molecule has 0 aliphatic heterocycles. The van der Waals surface area contributed by atoms with E-state index in [9.17, 15) is 14.3 Å². The molecule has 2 rings (SSSR count). The van der Waals surface area contributed by atoms with Crippen molar-refractivity contribution in [2.45, 2.75) is 0 Å². The lowest BCUT2D eigenvalue weighted by Crippen LogP contribution is -1.96. The van der Waals surface area contributed by atoms with E-state index in [1.807, 2.05) is 0 Å². The van der Waals surface area contributed by atoms with Gasteiger partial charge in [-0.3, -0.25) is 4.79 Å². The highest BCUT2D eigenvalue weighted by molar-refractivity contribution is 14.1. The summed E-state index contributed by atoms with van der Waals surface area (Å²) in [6.45, 7) is 0. The molecule has 0 fully saturated rings. The van der Waals surface area contributed by atoms with E-state index >= 15 is 0 Å². The van der Waals surface area contributed by atoms with E-state index in [-0.39, 0.29) is 22.9 Å². The van der Waals surface area contributed by atoms with Crippen molar-refractivity contribution in [3.05, 3.63) is 67.5 Å². The maximum Gasteiger partial charge on any atom is 0.189 e. The van der Waals surface area contributed by atoms with Gasteiger partial charge in [0.05, 0.1) is 5.56 Å². The molecule has 0 saturated carbocycles. The van der Waals surface area contributed by atoms with Crippen LogP contribution >= 0.6 is 38.5 Å². The van der Waals surface area contributed by atoms with Crippen molar-refractivity contribution in [3.8, 4) is 5.75 Å². The number of carbonyl (C=O) groups excluding carboxylic acids is 1. The molecule has 0 heterocycles. The van der Waals surface area contributed by atoms with Crippen LogP contribution in [0.3, 0.4) is 0 Å². The number of rotatable bonds is 3. The van der Waals surface area contributed by atoms with Gasteiger partial charge in [0.2, 0.25) is 0 Å². The first kappa shape index (κ1) is 15.2. The van der Waals surface area contributed by atoms with Crippen LogP contribution in [0.5, 0.6) is 5.75 Å². The summed E-state index contributed by atoms with van der Waals surface area (Å²) in [4.78, 5) is 12.0. The second-order valence-electron chi connectivity index (χ2n) is 4.03. The van der Waals surface area contributed by atoms with Gasteiger partial charge in [0.15, 0.2) is 5.78 Å². The van der Waals surface area contributed by atoms with Crippen LogP contribution in [0.15, 0.2) is 46.9 Å². The average Bonchev–Trinajstić information content (AvgIpc) is 2.42. The summed E-state index contributed by atoms with van der Waals surface area (Å²) in [7, 11) is 0. The summed E-state index contributed by atoms with van der Waals surface area (Å²) >= 11 is 5.35. The van der Waals surface area contributed by atoms with Gasteiger partial charge in [-0.05, 0) is 74.4 Å². The monoisotopic (exact) mass is 446 g/mol. The lowest BCUT2D eigenvalue weighted by atomic mass is 10.1. The first-order chi connectivity index (χ1) is 9.47. The predicted molar refractivity (Wildman–Crippen MR) is 88.3 cm³/mol. The van der Waals surface area contributed by atoms with Crippen LogP contribution in [0.2, 0.25) is 0 Å². The number of halogens is 3. The number of carbonyl (C=O) groups is 1. The number of ketones is 1. The van der Waals surface area contributed by atoms with E-state index < -0.39 is 0 Å². The van der Waals surface area contributed by atoms with Gasteiger partial charge in [-0.15, -0.1) is 0 Å². The SMILES string of the molecule is O=C(/C=C/c1ccc(F)cc1)c1cc(I)c(Br)cc1O. The van der Waals surface area contributed by atoms with Gasteiger partial charge in [-0.2, -0.15) is 0 Å². The molecule has 0 unspecified atom stereocenters. The molecule has 102 valence electrons. The van der Waals surface area contributed by atoms with E-state index in [1.165, 1.54) is 24.3 Å². The molecule has 2 nitrogen and oxygen atoms in total. The van der Waals surface area contributed by atoms with Gasteiger partial charge in [0.1, 0.15) is 11.6 Å². The fourth-order valence-electron chi connectivity index (χ4n) is 1.57. The summed E-state index contributed by atoms with van der Waals surface area (Å²) < 4.78 is 14.3. The maximum atomic E-state index is 12.8. The normalized spacial score (nSPS) is 10.9. The first-order valence-corrected chi connectivity index (χ1v) is 7.50. The standard InChI is InChI=1S/C15H9BrFIO2/c16-12-8-15(20)11(7-13(12)18)14(19)6-3-9-1-4-10(17)5-2-9/h1-8,20H/b6-3+. The molecule has 5 heteroatoms. The topological polar surface area (TPSA) is 37.3 Å². The fourth-order valence-corrected chi connectivity index (χ4v) is 2.37. The Hall–Kier alpha value is -1.21. The molecule has 0 spiro atoms. The Morgan fingerprint density at radius 2 is 1.90 bits per heavy atom. The van der Waals surface area contributed by atoms with Crippen molar-refractivity contribution >= 4 is 50.4 Å². The van der Waals surface area contributed by atoms with Crippen LogP contribution in [-0.4, -0.2) is 10.9 Å². The lowest BCUT2D eigenvalue weighted by Gasteiger charge is -2.03. The van der Waals surface area contributed by atoms with Crippen molar-refractivity contribution in [3.63, 3.8) is 0 Å². The quantitative estimate of drug-likeness (QED) is 0.418. The first-order valence-electron chi connectivity index (χ1n) is 5.63. The Morgan fingerprint density at radius 1 is 1.25 bits per heavy atom. The van der Waals surface area contributed by atoms with Crippen molar-refractivity contribution in [2.75, 3.05) is 0 Å². The minimum absolute atomic E-state index is 0.0777. The van der Waals surface area contributed by atoms with Gasteiger partial charge >= 0.3 is 0 Å². The minimum Gasteiger partial charge on any atom is -0.507 e. The lowest BCUT2D eigenvalue weighted by molar-refractivity contribution is 0.104. The summed E-state index contributed by atoms with van der Waals surface area (Å²) in [5.74, 6) is -0.711. The summed E-state index contributed by atoms with van der Waals surface area (Å²) in [6, 6.07) is 8.89. The third-order valence-corrected chi connectivity index (χ3v) is 4.89. The van der Waals surface area contributed by atoms with Crippen LogP contribution in [0, 0.1) is 9.39 Å². The Balaban J connectivity index is 2.24. The Labute approximate surface area is 137 Å². The van der Waals surface area contributed by atoms with E-state index in [1.54, 1.807) is 24.3 Å². The van der Waals surface area contributed by atoms with Gasteiger partial charge in [0.25, 0.3) is 0 Å². The molecule has 0 aromatic heterocycles. The number of hydrogen-bond acceptors (Lipinski definition) is 2. The van der Waals surface area contributed by atoms with Gasteiger partial charge in [0, 0.05) is 8.04 Å². The van der Waals surface area contributed by atoms with Crippen LogP contribution in [0.4, 0.5) is 4.39 Å². The number of phenolic OH excluding ortho intramolecular Hbond substituents is 1. The number of hydrogen-bond donors (Lipinski definition) is 1. The van der Waals surface area contributed by atoms with Gasteiger partial charge in [-0.1, -0.05) is 18.2 Å². The van der Waals surface area contributed by atoms with Crippen LogP contribution in [0.25, 0.3) is 6.08 Å². The summed E-state index contributed by atoms with van der Waals surface area (Å²) in [5, 5.41) is 9.78. The van der Waals surface area contributed by atoms with Crippen molar-refractivity contribution in [2.24, 2.45) is 0 Å². The third-order valence-electron chi connectivity index (χ3n) is 2.60. The van der Waals surface area contributed by atoms with Crippen LogP contribution < -0.4 is 0 Å². The zero-order chi connectivity index (χ0) is 14.7. The Kier molecular flexibility index (Phi) is 4.93. The second kappa shape index (κ2) is 6.49. The molecule has 0 saturated heterocycles. The largest absolute Gasteiger partial charge is 0.507 e. The minimum atomic E-state index is -0.325. The second-order valence-corrected chi connectivity index (χ2v) is 6.05. The number of aromatic hydroxyl groups is 1. The van der Waals surface area contributed by atoms with Gasteiger partial charge < -0.3 is 5.11 Å². The van der Waals surface area contributed by atoms with Crippen molar-refractivity contribution in [1.82, 2.24) is 0 Å². The Bertz CT molecular complexity index is 681. The van der Waals surface area contributed by atoms with E-state index in [0.717, 1.165) is 8.04 Å². The zero-order valence-electron chi connectivity index (χ0n) is 10.1. The Morgan fingerprint density at radius 3 is 2.55 bits per heavy atom. The molecule has 1 N–H and O–H groups in total. The fraction of sp³-hybridized carbons (Fsp3) is 0. The molecule has 0 bridgehead atoms. The van der Waals surface area contributed by atoms with E-state index in [4.69, 9.17) is 0 Å². The number of phenols is 1. The molecule has 0 amide bonds.